The molecule has 0 aliphatic carbocycles. The number of likely N-dealkylation sites (N-methyl/N-ethyl adjacent to an activating group) is 1. The number of amides is 1. The summed E-state index contributed by atoms with van der Waals surface area (Å²) in [5, 5.41) is 11.4. The minimum atomic E-state index is -0.306. The van der Waals surface area contributed by atoms with E-state index in [9.17, 15) is 14.7 Å². The van der Waals surface area contributed by atoms with Gasteiger partial charge in [-0.05, 0) is 31.2 Å². The molecule has 4 rings (SSSR count). The summed E-state index contributed by atoms with van der Waals surface area (Å²) in [6, 6.07) is 8.26. The van der Waals surface area contributed by atoms with Gasteiger partial charge in [0, 0.05) is 43.8 Å². The SMILES string of the molecule is CCN(C)C(=O)Cn1cc(-n2cc3nc(-c4cnc(OC)c(OC)c4)ccc3c2O)ccc1=O. The molecule has 1 amide bonds. The number of rotatable bonds is 7. The molecule has 4 aromatic rings. The highest BCUT2D eigenvalue weighted by Crippen LogP contribution is 2.33. The lowest BCUT2D eigenvalue weighted by molar-refractivity contribution is -0.130. The van der Waals surface area contributed by atoms with Gasteiger partial charge in [-0.25, -0.2) is 9.97 Å². The zero-order chi connectivity index (χ0) is 24.4. The van der Waals surface area contributed by atoms with Crippen LogP contribution in [0.5, 0.6) is 17.5 Å². The zero-order valence-corrected chi connectivity index (χ0v) is 19.3. The highest BCUT2D eigenvalue weighted by atomic mass is 16.5. The molecule has 4 heterocycles. The van der Waals surface area contributed by atoms with Crippen molar-refractivity contribution in [2.75, 3.05) is 27.8 Å². The Morgan fingerprint density at radius 2 is 1.94 bits per heavy atom. The molecule has 0 unspecified atom stereocenters. The fraction of sp³-hybridized carbons (Fsp3) is 0.250. The van der Waals surface area contributed by atoms with Crippen LogP contribution in [0.2, 0.25) is 0 Å². The van der Waals surface area contributed by atoms with E-state index in [0.29, 0.717) is 40.5 Å². The maximum Gasteiger partial charge on any atom is 0.256 e. The fourth-order valence-corrected chi connectivity index (χ4v) is 3.53. The molecule has 10 nitrogen and oxygen atoms in total. The van der Waals surface area contributed by atoms with Crippen molar-refractivity contribution in [1.29, 1.82) is 0 Å². The molecule has 176 valence electrons. The Kier molecular flexibility index (Phi) is 6.22. The van der Waals surface area contributed by atoms with Gasteiger partial charge in [0.25, 0.3) is 11.4 Å². The van der Waals surface area contributed by atoms with Gasteiger partial charge < -0.3 is 24.0 Å². The predicted molar refractivity (Wildman–Crippen MR) is 127 cm³/mol. The van der Waals surface area contributed by atoms with Crippen molar-refractivity contribution in [1.82, 2.24) is 24.0 Å². The van der Waals surface area contributed by atoms with Crippen LogP contribution >= 0.6 is 0 Å². The average molecular weight is 463 g/mol. The number of fused-ring (bicyclic) bond motifs is 1. The number of methoxy groups -OCH3 is 2. The molecule has 0 atom stereocenters. The number of hydrogen-bond acceptors (Lipinski definition) is 7. The van der Waals surface area contributed by atoms with Crippen LogP contribution < -0.4 is 15.0 Å². The van der Waals surface area contributed by atoms with Crippen molar-refractivity contribution in [2.24, 2.45) is 0 Å². The van der Waals surface area contributed by atoms with Gasteiger partial charge in [-0.15, -0.1) is 0 Å². The Balaban J connectivity index is 1.73. The Hall–Kier alpha value is -4.34. The van der Waals surface area contributed by atoms with Crippen LogP contribution in [-0.2, 0) is 11.3 Å². The van der Waals surface area contributed by atoms with Gasteiger partial charge in [0.15, 0.2) is 5.75 Å². The molecule has 34 heavy (non-hydrogen) atoms. The first-order chi connectivity index (χ1) is 16.4. The number of hydrogen-bond donors (Lipinski definition) is 1. The molecular weight excluding hydrogens is 438 g/mol. The number of pyridine rings is 3. The van der Waals surface area contributed by atoms with Crippen molar-refractivity contribution in [3.8, 4) is 34.5 Å². The average Bonchev–Trinajstić information content (AvgIpc) is 3.19. The van der Waals surface area contributed by atoms with Crippen molar-refractivity contribution in [2.45, 2.75) is 13.5 Å². The molecule has 0 spiro atoms. The molecule has 0 bridgehead atoms. The first-order valence-corrected chi connectivity index (χ1v) is 10.6. The van der Waals surface area contributed by atoms with E-state index >= 15 is 0 Å². The Morgan fingerprint density at radius 3 is 2.65 bits per heavy atom. The molecule has 4 aromatic heterocycles. The summed E-state index contributed by atoms with van der Waals surface area (Å²) >= 11 is 0. The molecular formula is C24H25N5O5. The molecule has 0 fully saturated rings. The number of aromatic hydroxyl groups is 1. The number of carbonyl (C=O) groups is 1. The first-order valence-electron chi connectivity index (χ1n) is 10.6. The number of nitrogens with zero attached hydrogens (tertiary/aromatic N) is 5. The Morgan fingerprint density at radius 1 is 1.15 bits per heavy atom. The van der Waals surface area contributed by atoms with Crippen LogP contribution in [0, 0.1) is 0 Å². The van der Waals surface area contributed by atoms with E-state index in [2.05, 4.69) is 9.97 Å². The number of ether oxygens (including phenoxy) is 2. The van der Waals surface area contributed by atoms with Crippen molar-refractivity contribution in [3.63, 3.8) is 0 Å². The topological polar surface area (TPSA) is 112 Å². The van der Waals surface area contributed by atoms with E-state index < -0.39 is 0 Å². The maximum atomic E-state index is 12.3. The van der Waals surface area contributed by atoms with Crippen LogP contribution in [0.4, 0.5) is 0 Å². The summed E-state index contributed by atoms with van der Waals surface area (Å²) in [5.74, 6) is 0.642. The van der Waals surface area contributed by atoms with Crippen molar-refractivity contribution >= 4 is 16.8 Å². The summed E-state index contributed by atoms with van der Waals surface area (Å²) in [6.07, 6.45) is 4.85. The van der Waals surface area contributed by atoms with E-state index in [-0.39, 0.29) is 23.9 Å². The minimum absolute atomic E-state index is 0.0262. The monoisotopic (exact) mass is 463 g/mol. The van der Waals surface area contributed by atoms with E-state index in [1.807, 2.05) is 6.92 Å². The quantitative estimate of drug-likeness (QED) is 0.448. The third-order valence-corrected chi connectivity index (χ3v) is 5.62. The van der Waals surface area contributed by atoms with Gasteiger partial charge >= 0.3 is 0 Å². The molecule has 0 saturated heterocycles. The van der Waals surface area contributed by atoms with E-state index in [0.717, 1.165) is 5.56 Å². The van der Waals surface area contributed by atoms with Gasteiger partial charge in [-0.1, -0.05) is 0 Å². The first kappa shape index (κ1) is 22.8. The van der Waals surface area contributed by atoms with Gasteiger partial charge in [0.1, 0.15) is 6.54 Å². The van der Waals surface area contributed by atoms with Crippen molar-refractivity contribution < 1.29 is 19.4 Å². The lowest BCUT2D eigenvalue weighted by atomic mass is 10.1. The van der Waals surface area contributed by atoms with Crippen molar-refractivity contribution in [3.05, 3.63) is 59.3 Å². The molecule has 0 aliphatic heterocycles. The summed E-state index contributed by atoms with van der Waals surface area (Å²) in [5.41, 5.74) is 2.12. The summed E-state index contributed by atoms with van der Waals surface area (Å²) in [7, 11) is 4.73. The molecule has 0 radical (unpaired) electrons. The van der Waals surface area contributed by atoms with Crippen LogP contribution in [0.1, 0.15) is 6.92 Å². The molecule has 0 aromatic carbocycles. The maximum absolute atomic E-state index is 12.3. The molecule has 1 N–H and O–H groups in total. The molecule has 10 heteroatoms. The van der Waals surface area contributed by atoms with Crippen LogP contribution in [-0.4, -0.2) is 62.8 Å². The largest absolute Gasteiger partial charge is 0.494 e. The summed E-state index contributed by atoms with van der Waals surface area (Å²) in [6.45, 7) is 2.31. The minimum Gasteiger partial charge on any atom is -0.494 e. The molecule has 0 saturated carbocycles. The number of aromatic nitrogens is 4. The fourth-order valence-electron chi connectivity index (χ4n) is 3.53. The standard InChI is InChI=1S/C24H25N5O5/c1-5-27(2)22(31)14-28-12-16(6-9-21(28)30)29-13-19-17(24(29)32)7-8-18(26-19)15-10-20(33-3)23(34-4)25-11-15/h6-13,32H,5,14H2,1-4H3. The lowest BCUT2D eigenvalue weighted by Crippen LogP contribution is -2.33. The van der Waals surface area contributed by atoms with E-state index in [4.69, 9.17) is 9.47 Å². The Bertz CT molecular complexity index is 1430. The third-order valence-electron chi connectivity index (χ3n) is 5.62. The third kappa shape index (κ3) is 4.17. The highest BCUT2D eigenvalue weighted by molar-refractivity contribution is 5.87. The smallest absolute Gasteiger partial charge is 0.256 e. The zero-order valence-electron chi connectivity index (χ0n) is 19.3. The summed E-state index contributed by atoms with van der Waals surface area (Å²) < 4.78 is 13.4. The predicted octanol–water partition coefficient (Wildman–Crippen LogP) is 2.45. The number of carbonyl (C=O) groups excluding carboxylic acids is 1. The van der Waals surface area contributed by atoms with Crippen LogP contribution in [0.15, 0.2) is 53.7 Å². The molecule has 0 aliphatic rings. The lowest BCUT2D eigenvalue weighted by Gasteiger charge is -2.16. The van der Waals surface area contributed by atoms with Crippen LogP contribution in [0.3, 0.4) is 0 Å². The second-order valence-corrected chi connectivity index (χ2v) is 7.65. The van der Waals surface area contributed by atoms with E-state index in [1.165, 1.54) is 34.3 Å². The normalized spacial score (nSPS) is 10.9. The second-order valence-electron chi connectivity index (χ2n) is 7.65. The van der Waals surface area contributed by atoms with E-state index in [1.54, 1.807) is 49.9 Å². The highest BCUT2D eigenvalue weighted by Gasteiger charge is 2.15. The van der Waals surface area contributed by atoms with Gasteiger partial charge in [-0.3, -0.25) is 14.2 Å². The Labute approximate surface area is 195 Å². The van der Waals surface area contributed by atoms with Gasteiger partial charge in [-0.2, -0.15) is 0 Å². The van der Waals surface area contributed by atoms with Gasteiger partial charge in [0.05, 0.1) is 36.5 Å². The van der Waals surface area contributed by atoms with Crippen LogP contribution in [0.25, 0.3) is 27.8 Å². The second kappa shape index (κ2) is 9.26. The summed E-state index contributed by atoms with van der Waals surface area (Å²) in [4.78, 5) is 35.0. The van der Waals surface area contributed by atoms with Gasteiger partial charge in [0.2, 0.25) is 11.8 Å².